The molecule has 0 unspecified atom stereocenters. The number of benzene rings is 12. The molecule has 1 aliphatic rings. The smallest absolute Gasteiger partial charge is 0.159 e. The fourth-order valence-corrected chi connectivity index (χ4v) is 12.3. The van der Waals surface area contributed by atoms with Crippen LogP contribution in [-0.4, -0.2) is 0 Å². The summed E-state index contributed by atoms with van der Waals surface area (Å²) in [5, 5.41) is 9.30. The van der Waals surface area contributed by atoms with Gasteiger partial charge in [0.1, 0.15) is 11.2 Å². The van der Waals surface area contributed by atoms with Crippen molar-refractivity contribution in [3.63, 3.8) is 0 Å². The van der Waals surface area contributed by atoms with E-state index in [9.17, 15) is 0 Å². The van der Waals surface area contributed by atoms with Gasteiger partial charge >= 0.3 is 0 Å². The molecule has 75 heavy (non-hydrogen) atoms. The molecule has 15 rings (SSSR count). The number of nitrogens with zero attached hydrogens (tertiary/aromatic N) is 2. The predicted octanol–water partition coefficient (Wildman–Crippen LogP) is 20.4. The summed E-state index contributed by atoms with van der Waals surface area (Å²) < 4.78 is 13.8. The maximum Gasteiger partial charge on any atom is 0.159 e. The molecule has 0 N–H and O–H groups in total. The summed E-state index contributed by atoms with van der Waals surface area (Å²) in [6, 6.07) is 91.9. The predicted molar refractivity (Wildman–Crippen MR) is 314 cm³/mol. The van der Waals surface area contributed by atoms with E-state index < -0.39 is 0 Å². The minimum atomic E-state index is -0.348. The van der Waals surface area contributed by atoms with Crippen molar-refractivity contribution in [2.75, 3.05) is 9.80 Å². The third-order valence-corrected chi connectivity index (χ3v) is 15.8. The Bertz CT molecular complexity index is 4570. The second-order valence-electron chi connectivity index (χ2n) is 20.4. The van der Waals surface area contributed by atoms with Crippen LogP contribution in [0.2, 0.25) is 0 Å². The molecule has 2 aromatic heterocycles. The molecule has 14 aromatic rings. The Balaban J connectivity index is 0.911. The summed E-state index contributed by atoms with van der Waals surface area (Å²) in [7, 11) is 0. The Kier molecular flexibility index (Phi) is 9.58. The lowest BCUT2D eigenvalue weighted by Gasteiger charge is -2.37. The Morgan fingerprint density at radius 3 is 1.64 bits per heavy atom. The molecular weight excluding hydrogens is 913 g/mol. The van der Waals surface area contributed by atoms with Gasteiger partial charge in [0.05, 0.1) is 17.1 Å². The second-order valence-corrected chi connectivity index (χ2v) is 20.4. The van der Waals surface area contributed by atoms with Crippen LogP contribution < -0.4 is 9.80 Å². The average Bonchev–Trinajstić information content (AvgIpc) is 4.06. The molecule has 0 bridgehead atoms. The Morgan fingerprint density at radius 2 is 0.853 bits per heavy atom. The molecule has 2 heterocycles. The zero-order valence-corrected chi connectivity index (χ0v) is 41.5. The van der Waals surface area contributed by atoms with E-state index >= 15 is 0 Å². The van der Waals surface area contributed by atoms with Gasteiger partial charge in [-0.3, -0.25) is 0 Å². The number of anilines is 6. The normalized spacial score (nSPS) is 12.8. The van der Waals surface area contributed by atoms with Crippen molar-refractivity contribution in [1.82, 2.24) is 0 Å². The molecule has 0 saturated carbocycles. The quantitative estimate of drug-likeness (QED) is 0.142. The third-order valence-electron chi connectivity index (χ3n) is 15.8. The molecule has 0 saturated heterocycles. The molecule has 1 aliphatic carbocycles. The van der Waals surface area contributed by atoms with E-state index in [0.29, 0.717) is 0 Å². The van der Waals surface area contributed by atoms with Crippen molar-refractivity contribution < 1.29 is 8.83 Å². The van der Waals surface area contributed by atoms with Crippen LogP contribution in [0.5, 0.6) is 0 Å². The van der Waals surface area contributed by atoms with Crippen molar-refractivity contribution in [2.24, 2.45) is 0 Å². The van der Waals surface area contributed by atoms with E-state index in [2.05, 4.69) is 272 Å². The van der Waals surface area contributed by atoms with Gasteiger partial charge in [0.2, 0.25) is 0 Å². The summed E-state index contributed by atoms with van der Waals surface area (Å²) >= 11 is 0. The zero-order valence-electron chi connectivity index (χ0n) is 41.5. The molecule has 0 fully saturated rings. The van der Waals surface area contributed by atoms with Crippen LogP contribution in [0, 0.1) is 0 Å². The second kappa shape index (κ2) is 16.7. The average molecular weight is 961 g/mol. The lowest BCUT2D eigenvalue weighted by atomic mass is 9.68. The van der Waals surface area contributed by atoms with Gasteiger partial charge in [-0.2, -0.15) is 0 Å². The molecular formula is C71H48N2O2. The van der Waals surface area contributed by atoms with E-state index in [1.54, 1.807) is 0 Å². The van der Waals surface area contributed by atoms with Gasteiger partial charge in [0.15, 0.2) is 11.2 Å². The molecule has 0 spiro atoms. The van der Waals surface area contributed by atoms with E-state index in [1.165, 1.54) is 43.8 Å². The highest BCUT2D eigenvalue weighted by Gasteiger charge is 2.35. The Labute approximate surface area is 434 Å². The maximum atomic E-state index is 7.05. The first-order chi connectivity index (χ1) is 37.0. The molecule has 4 nitrogen and oxygen atoms in total. The van der Waals surface area contributed by atoms with Crippen LogP contribution in [0.15, 0.2) is 264 Å². The number of fused-ring (bicyclic) bond motifs is 10. The highest BCUT2D eigenvalue weighted by Crippen LogP contribution is 2.54. The first kappa shape index (κ1) is 43.0. The number of furan rings is 2. The molecule has 0 aliphatic heterocycles. The third kappa shape index (κ3) is 6.63. The lowest BCUT2D eigenvalue weighted by Crippen LogP contribution is -2.24. The van der Waals surface area contributed by atoms with Crippen molar-refractivity contribution in [1.29, 1.82) is 0 Å². The van der Waals surface area contributed by atoms with Gasteiger partial charge in [-0.15, -0.1) is 0 Å². The summed E-state index contributed by atoms with van der Waals surface area (Å²) in [5.74, 6) is 0. The number of para-hydroxylation sites is 6. The topological polar surface area (TPSA) is 32.8 Å². The van der Waals surface area contributed by atoms with Crippen LogP contribution in [0.3, 0.4) is 0 Å². The van der Waals surface area contributed by atoms with Crippen LogP contribution in [0.4, 0.5) is 34.1 Å². The molecule has 4 heteroatoms. The zero-order chi connectivity index (χ0) is 49.8. The minimum Gasteiger partial charge on any atom is -0.454 e. The molecule has 354 valence electrons. The molecule has 0 radical (unpaired) electrons. The van der Waals surface area contributed by atoms with Crippen LogP contribution >= 0.6 is 0 Å². The first-order valence-corrected chi connectivity index (χ1v) is 25.8. The highest BCUT2D eigenvalue weighted by molar-refractivity contribution is 6.19. The lowest BCUT2D eigenvalue weighted by molar-refractivity contribution is 0.645. The van der Waals surface area contributed by atoms with E-state index in [0.717, 1.165) is 100 Å². The van der Waals surface area contributed by atoms with Crippen LogP contribution in [-0.2, 0) is 5.41 Å². The van der Waals surface area contributed by atoms with Gasteiger partial charge in [0, 0.05) is 55.1 Å². The van der Waals surface area contributed by atoms with Gasteiger partial charge in [0.25, 0.3) is 0 Å². The van der Waals surface area contributed by atoms with Gasteiger partial charge in [-0.25, -0.2) is 0 Å². The fourth-order valence-electron chi connectivity index (χ4n) is 12.3. The molecule has 12 aromatic carbocycles. The SMILES string of the molecule is CC1(C)c2cc(N(c3ccccc3)c3cccc4c3oc3c(-c5ccccc5)cccc34)ccc2-c2cc3ccc(N(c4ccccc4-c4ccccc4)c4cccc5c4oc4ccccc45)cc3c3cccc1c23. The van der Waals surface area contributed by atoms with Crippen LogP contribution in [0.1, 0.15) is 25.0 Å². The summed E-state index contributed by atoms with van der Waals surface area (Å²) in [4.78, 5) is 4.77. The maximum absolute atomic E-state index is 7.05. The van der Waals surface area contributed by atoms with Crippen molar-refractivity contribution in [3.05, 3.63) is 266 Å². The summed E-state index contributed by atoms with van der Waals surface area (Å²) in [6.45, 7) is 4.78. The van der Waals surface area contributed by atoms with Crippen molar-refractivity contribution in [3.8, 4) is 33.4 Å². The van der Waals surface area contributed by atoms with Gasteiger partial charge in [-0.05, 0) is 122 Å². The Morgan fingerprint density at radius 1 is 0.307 bits per heavy atom. The monoisotopic (exact) mass is 960 g/mol. The van der Waals surface area contributed by atoms with E-state index in [1.807, 2.05) is 6.07 Å². The van der Waals surface area contributed by atoms with Crippen molar-refractivity contribution in [2.45, 2.75) is 19.3 Å². The van der Waals surface area contributed by atoms with E-state index in [4.69, 9.17) is 8.83 Å². The van der Waals surface area contributed by atoms with Gasteiger partial charge in [-0.1, -0.05) is 202 Å². The molecule has 0 amide bonds. The standard InChI is InChI=1S/C71H48N2O2/c1-71(2)61-33-17-29-55-59-43-49(73(63-34-14-12-26-51(63)45-20-6-3-7-21-45)65-36-18-31-56-54-27-13-15-37-66(54)74-69(56)65)39-38-47(59)42-60(67(55)61)53-41-40-50(44-62(53)71)72(48-24-10-5-11-25-48)64-35-19-32-58-57-30-16-28-52(68(57)75-70(58)64)46-22-8-4-9-23-46/h3-44H,1-2H3. The number of hydrogen-bond donors (Lipinski definition) is 0. The highest BCUT2D eigenvalue weighted by atomic mass is 16.3. The summed E-state index contributed by atoms with van der Waals surface area (Å²) in [6.07, 6.45) is 0. The van der Waals surface area contributed by atoms with E-state index in [-0.39, 0.29) is 5.41 Å². The molecule has 0 atom stereocenters. The first-order valence-electron chi connectivity index (χ1n) is 25.8. The Hall–Kier alpha value is -9.64. The number of hydrogen-bond acceptors (Lipinski definition) is 4. The fraction of sp³-hybridized carbons (Fsp3) is 0.0423. The minimum absolute atomic E-state index is 0.348. The largest absolute Gasteiger partial charge is 0.454 e. The van der Waals surface area contributed by atoms with Crippen LogP contribution in [0.25, 0.3) is 98.8 Å². The van der Waals surface area contributed by atoms with Crippen molar-refractivity contribution >= 4 is 99.5 Å². The summed E-state index contributed by atoms with van der Waals surface area (Å²) in [5.41, 5.74) is 18.9. The van der Waals surface area contributed by atoms with Gasteiger partial charge < -0.3 is 18.6 Å². The number of rotatable bonds is 8.